The van der Waals surface area contributed by atoms with E-state index in [1.165, 1.54) is 18.5 Å². The summed E-state index contributed by atoms with van der Waals surface area (Å²) in [6.45, 7) is 4.17. The Labute approximate surface area is 397 Å². The number of carbonyl (C=O) groups is 3. The first-order valence-corrected chi connectivity index (χ1v) is 23.8. The number of rotatable bonds is 28. The minimum atomic E-state index is -3.90. The Morgan fingerprint density at radius 2 is 1.37 bits per heavy atom. The number of hydrazone groups is 1. The molecule has 6 rings (SSSR count). The Bertz CT molecular complexity index is 2540. The lowest BCUT2D eigenvalue weighted by atomic mass is 10.1. The van der Waals surface area contributed by atoms with Gasteiger partial charge in [-0.2, -0.15) is 5.10 Å². The number of ether oxygens (including phenoxy) is 4. The predicted octanol–water partition coefficient (Wildman–Crippen LogP) is 7.33. The van der Waals surface area contributed by atoms with Gasteiger partial charge in [-0.1, -0.05) is 78.9 Å². The van der Waals surface area contributed by atoms with E-state index in [0.717, 1.165) is 28.5 Å². The molecule has 2 heterocycles. The van der Waals surface area contributed by atoms with Crippen LogP contribution in [0.1, 0.15) is 50.4 Å². The summed E-state index contributed by atoms with van der Waals surface area (Å²) >= 11 is 0. The molecule has 0 aliphatic carbocycles. The van der Waals surface area contributed by atoms with Gasteiger partial charge in [-0.05, 0) is 72.9 Å². The molecule has 6 N–H and O–H groups in total. The summed E-state index contributed by atoms with van der Waals surface area (Å²) in [6, 6.07) is 36.7. The molecule has 17 nitrogen and oxygen atoms in total. The van der Waals surface area contributed by atoms with E-state index in [-0.39, 0.29) is 29.2 Å². The van der Waals surface area contributed by atoms with E-state index < -0.39 is 10.9 Å². The van der Waals surface area contributed by atoms with Crippen LogP contribution in [-0.4, -0.2) is 118 Å². The maximum Gasteiger partial charge on any atom is 0.267 e. The fourth-order valence-electron chi connectivity index (χ4n) is 6.85. The van der Waals surface area contributed by atoms with E-state index in [4.69, 9.17) is 18.9 Å². The van der Waals surface area contributed by atoms with Gasteiger partial charge in [-0.3, -0.25) is 19.8 Å². The second kappa shape index (κ2) is 26.6. The zero-order valence-corrected chi connectivity index (χ0v) is 38.8. The number of aromatic nitrogens is 2. The molecule has 18 heteroatoms. The number of carbonyl (C=O) groups excluding carboxylic acids is 3. The van der Waals surface area contributed by atoms with Crippen LogP contribution in [0.3, 0.4) is 0 Å². The fourth-order valence-corrected chi connectivity index (χ4v) is 7.54. The molecule has 0 unspecified atom stereocenters. The van der Waals surface area contributed by atoms with Crippen molar-refractivity contribution in [1.82, 2.24) is 25.1 Å². The maximum atomic E-state index is 13.6. The average molecular weight is 950 g/mol. The number of hydrogen-bond donors (Lipinski definition) is 6. The van der Waals surface area contributed by atoms with Crippen LogP contribution >= 0.6 is 10.9 Å². The monoisotopic (exact) mass is 949 g/mol. The van der Waals surface area contributed by atoms with E-state index >= 15 is 0 Å². The van der Waals surface area contributed by atoms with Crippen LogP contribution in [0.2, 0.25) is 0 Å². The minimum absolute atomic E-state index is 0.00879. The Hall–Kier alpha value is -6.64. The van der Waals surface area contributed by atoms with Crippen LogP contribution in [-0.2, 0) is 38.6 Å². The van der Waals surface area contributed by atoms with Crippen molar-refractivity contribution in [3.8, 4) is 5.75 Å². The van der Waals surface area contributed by atoms with E-state index in [2.05, 4.69) is 26.1 Å². The molecule has 0 fully saturated rings. The van der Waals surface area contributed by atoms with Gasteiger partial charge in [-0.15, -0.1) is 0 Å². The summed E-state index contributed by atoms with van der Waals surface area (Å²) in [5, 5.41) is 10.6. The van der Waals surface area contributed by atoms with Gasteiger partial charge >= 0.3 is 0 Å². The summed E-state index contributed by atoms with van der Waals surface area (Å²) in [5.41, 5.74) is 6.72. The third-order valence-corrected chi connectivity index (χ3v) is 11.5. The summed E-state index contributed by atoms with van der Waals surface area (Å²) < 4.78 is 53.5. The van der Waals surface area contributed by atoms with Crippen molar-refractivity contribution in [2.45, 2.75) is 37.3 Å². The number of pyridine rings is 1. The van der Waals surface area contributed by atoms with Crippen LogP contribution in [0.5, 0.6) is 5.75 Å². The van der Waals surface area contributed by atoms with E-state index in [1.807, 2.05) is 78.9 Å². The number of anilines is 1. The standard InChI is InChI=1S/C50H59N7O10S/c1-56(25-22-38-12-4-2-5-13-38)48(58)36-57-44-20-19-43(67-37-39-14-6-3-7-15-39)32-42(44)33-45(57)50(60)52-24-11-27-65-29-31-66-30-28-64-26-10-23-51-49(59)41-18-21-47(53-34-41)55-54-35-40-16-8-9-17-46(40)68(61,62)63/h2-9,12-21,32-35,61-63H,10-11,22-31,36-37H2,1H3,(H,51,59)(H,52,60)(H,53,55). The van der Waals surface area contributed by atoms with Gasteiger partial charge in [0, 0.05) is 62.6 Å². The van der Waals surface area contributed by atoms with Gasteiger partial charge in [0.25, 0.3) is 11.8 Å². The highest BCUT2D eigenvalue weighted by Gasteiger charge is 2.21. The van der Waals surface area contributed by atoms with Crippen LogP contribution in [0.25, 0.3) is 10.9 Å². The van der Waals surface area contributed by atoms with Crippen molar-refractivity contribution < 1.29 is 47.0 Å². The number of nitrogens with zero attached hydrogens (tertiary/aromatic N) is 4. The number of fused-ring (bicyclic) bond motifs is 1. The van der Waals surface area contributed by atoms with E-state index in [0.29, 0.717) is 107 Å². The molecule has 360 valence electrons. The average Bonchev–Trinajstić information content (AvgIpc) is 3.71. The number of hydrogen-bond acceptors (Lipinski definition) is 13. The summed E-state index contributed by atoms with van der Waals surface area (Å²) in [7, 11) is -2.12. The van der Waals surface area contributed by atoms with Crippen LogP contribution in [0.15, 0.2) is 138 Å². The molecular formula is C50H59N7O10S. The lowest BCUT2D eigenvalue weighted by Crippen LogP contribution is -2.34. The zero-order chi connectivity index (χ0) is 48.0. The molecule has 3 amide bonds. The van der Waals surface area contributed by atoms with Crippen molar-refractivity contribution in [3.05, 3.63) is 155 Å². The van der Waals surface area contributed by atoms with Crippen molar-refractivity contribution in [2.75, 3.05) is 71.7 Å². The highest BCUT2D eigenvalue weighted by Crippen LogP contribution is 2.44. The normalized spacial score (nSPS) is 11.7. The van der Waals surface area contributed by atoms with Gasteiger partial charge in [-0.25, -0.2) is 4.98 Å². The lowest BCUT2D eigenvalue weighted by Gasteiger charge is -2.20. The molecule has 2 aromatic heterocycles. The molecule has 0 bridgehead atoms. The predicted molar refractivity (Wildman–Crippen MR) is 262 cm³/mol. The van der Waals surface area contributed by atoms with Crippen molar-refractivity contribution in [1.29, 1.82) is 0 Å². The molecule has 0 aliphatic rings. The molecule has 68 heavy (non-hydrogen) atoms. The van der Waals surface area contributed by atoms with Gasteiger partial charge in [0.15, 0.2) is 0 Å². The second-order valence-corrected chi connectivity index (χ2v) is 17.1. The number of nitrogens with one attached hydrogen (secondary N) is 3. The van der Waals surface area contributed by atoms with E-state index in [9.17, 15) is 28.0 Å². The quantitative estimate of drug-likeness (QED) is 0.0162. The first kappa shape index (κ1) is 50.8. The third-order valence-electron chi connectivity index (χ3n) is 10.5. The summed E-state index contributed by atoms with van der Waals surface area (Å²) in [4.78, 5) is 45.4. The Morgan fingerprint density at radius 3 is 2.03 bits per heavy atom. The largest absolute Gasteiger partial charge is 0.489 e. The van der Waals surface area contributed by atoms with Crippen LogP contribution < -0.4 is 20.8 Å². The van der Waals surface area contributed by atoms with Crippen molar-refractivity contribution in [2.24, 2.45) is 5.10 Å². The molecule has 0 aliphatic heterocycles. The lowest BCUT2D eigenvalue weighted by molar-refractivity contribution is -0.130. The smallest absolute Gasteiger partial charge is 0.267 e. The molecule has 0 saturated carbocycles. The first-order valence-electron chi connectivity index (χ1n) is 22.3. The molecular weight excluding hydrogens is 891 g/mol. The van der Waals surface area contributed by atoms with Crippen molar-refractivity contribution in [3.63, 3.8) is 0 Å². The maximum absolute atomic E-state index is 13.6. The van der Waals surface area contributed by atoms with Crippen molar-refractivity contribution >= 4 is 51.5 Å². The van der Waals surface area contributed by atoms with Gasteiger partial charge < -0.3 is 52.7 Å². The number of benzene rings is 4. The minimum Gasteiger partial charge on any atom is -0.489 e. The topological polar surface area (TPSA) is 218 Å². The first-order chi connectivity index (χ1) is 33.0. The highest BCUT2D eigenvalue weighted by atomic mass is 32.3. The zero-order valence-electron chi connectivity index (χ0n) is 38.0. The van der Waals surface area contributed by atoms with Gasteiger partial charge in [0.05, 0.1) is 43.1 Å². The summed E-state index contributed by atoms with van der Waals surface area (Å²) in [6.07, 6.45) is 4.64. The van der Waals surface area contributed by atoms with Gasteiger partial charge in [0.2, 0.25) is 5.91 Å². The molecule has 0 spiro atoms. The second-order valence-electron chi connectivity index (χ2n) is 15.6. The number of amides is 3. The van der Waals surface area contributed by atoms with Gasteiger partial charge in [0.1, 0.15) is 41.3 Å². The molecule has 0 radical (unpaired) electrons. The SMILES string of the molecule is CN(CCc1ccccc1)C(=O)Cn1c(C(=O)NCCCOCCOCCOCCCNC(=O)c2ccc(NN=Cc3ccccc3S(O)(O)O)nc2)cc2cc(OCc3ccccc3)ccc21. The van der Waals surface area contributed by atoms with Crippen LogP contribution in [0, 0.1) is 0 Å². The van der Waals surface area contributed by atoms with E-state index in [1.54, 1.807) is 52.9 Å². The molecule has 0 atom stereocenters. The Morgan fingerprint density at radius 1 is 0.735 bits per heavy atom. The molecule has 6 aromatic rings. The fraction of sp³-hybridized carbons (Fsp3) is 0.300. The molecule has 4 aromatic carbocycles. The highest BCUT2D eigenvalue weighted by molar-refractivity contribution is 8.19. The number of likely N-dealkylation sites (N-methyl/N-ethyl adjacent to an activating group) is 1. The Kier molecular flexibility index (Phi) is 19.9. The molecule has 0 saturated heterocycles. The Balaban J connectivity index is 0.831. The van der Waals surface area contributed by atoms with Crippen LogP contribution in [0.4, 0.5) is 5.82 Å². The third kappa shape index (κ3) is 16.3. The summed E-state index contributed by atoms with van der Waals surface area (Å²) in [5.74, 6) is 0.352.